The minimum atomic E-state index is -0.671. The molecule has 90 valence electrons. The van der Waals surface area contributed by atoms with Gasteiger partial charge in [-0.2, -0.15) is 0 Å². The fourth-order valence-electron chi connectivity index (χ4n) is 2.20. The van der Waals surface area contributed by atoms with Gasteiger partial charge in [-0.1, -0.05) is 13.8 Å². The molecule has 3 nitrogen and oxygen atoms in total. The molecule has 1 atom stereocenters. The molecule has 0 aromatic heterocycles. The van der Waals surface area contributed by atoms with Crippen LogP contribution < -0.4 is 5.73 Å². The monoisotopic (exact) mass is 214 g/mol. The number of nitrogens with zero attached hydrogens (tertiary/aromatic N) is 1. The predicted molar refractivity (Wildman–Crippen MR) is 63.8 cm³/mol. The molecule has 1 aliphatic rings. The van der Waals surface area contributed by atoms with Crippen molar-refractivity contribution in [2.24, 2.45) is 11.1 Å². The fraction of sp³-hybridized carbons (Fsp3) is 1.00. The highest BCUT2D eigenvalue weighted by Gasteiger charge is 2.29. The van der Waals surface area contributed by atoms with E-state index in [1.165, 1.54) is 19.5 Å². The van der Waals surface area contributed by atoms with E-state index in [0.29, 0.717) is 12.0 Å². The van der Waals surface area contributed by atoms with E-state index in [0.717, 1.165) is 19.4 Å². The number of nitrogens with two attached hydrogens (primary N) is 1. The molecule has 15 heavy (non-hydrogen) atoms. The van der Waals surface area contributed by atoms with E-state index in [-0.39, 0.29) is 0 Å². The Morgan fingerprint density at radius 2 is 2.13 bits per heavy atom. The van der Waals surface area contributed by atoms with Gasteiger partial charge >= 0.3 is 0 Å². The summed E-state index contributed by atoms with van der Waals surface area (Å²) < 4.78 is 0. The van der Waals surface area contributed by atoms with Crippen LogP contribution >= 0.6 is 0 Å². The highest BCUT2D eigenvalue weighted by atomic mass is 16.3. The van der Waals surface area contributed by atoms with E-state index in [4.69, 9.17) is 5.73 Å². The molecule has 0 aliphatic carbocycles. The Hall–Kier alpha value is -0.120. The van der Waals surface area contributed by atoms with Gasteiger partial charge in [0.2, 0.25) is 0 Å². The zero-order chi connectivity index (χ0) is 11.5. The van der Waals surface area contributed by atoms with Gasteiger partial charge in [0.15, 0.2) is 0 Å². The molecule has 1 saturated heterocycles. The van der Waals surface area contributed by atoms with E-state index in [2.05, 4.69) is 18.7 Å². The van der Waals surface area contributed by atoms with Gasteiger partial charge in [0.25, 0.3) is 0 Å². The van der Waals surface area contributed by atoms with E-state index >= 15 is 0 Å². The van der Waals surface area contributed by atoms with E-state index in [1.807, 2.05) is 6.92 Å². The zero-order valence-corrected chi connectivity index (χ0v) is 10.4. The maximum absolute atomic E-state index is 9.76. The normalized spacial score (nSPS) is 25.4. The lowest BCUT2D eigenvalue weighted by molar-refractivity contribution is 0.0549. The Kier molecular flexibility index (Phi) is 4.15. The van der Waals surface area contributed by atoms with Gasteiger partial charge in [0, 0.05) is 13.1 Å². The number of hydrogen-bond donors (Lipinski definition) is 2. The second kappa shape index (κ2) is 4.81. The summed E-state index contributed by atoms with van der Waals surface area (Å²) >= 11 is 0. The van der Waals surface area contributed by atoms with Gasteiger partial charge in [-0.25, -0.2) is 0 Å². The molecule has 0 aromatic carbocycles. The molecule has 1 fully saturated rings. The third kappa shape index (κ3) is 4.49. The molecule has 3 N–H and O–H groups in total. The molecular weight excluding hydrogens is 188 g/mol. The average Bonchev–Trinajstić information content (AvgIpc) is 2.45. The molecule has 0 spiro atoms. The van der Waals surface area contributed by atoms with E-state index in [9.17, 15) is 5.11 Å². The lowest BCUT2D eigenvalue weighted by Gasteiger charge is -2.23. The topological polar surface area (TPSA) is 49.5 Å². The van der Waals surface area contributed by atoms with Gasteiger partial charge in [0.1, 0.15) is 0 Å². The Labute approximate surface area is 93.6 Å². The van der Waals surface area contributed by atoms with Crippen molar-refractivity contribution in [3.8, 4) is 0 Å². The van der Waals surface area contributed by atoms with Crippen LogP contribution in [0.4, 0.5) is 0 Å². The van der Waals surface area contributed by atoms with E-state index in [1.54, 1.807) is 0 Å². The van der Waals surface area contributed by atoms with Crippen LogP contribution in [-0.2, 0) is 0 Å². The largest absolute Gasteiger partial charge is 0.389 e. The first-order valence-electron chi connectivity index (χ1n) is 5.99. The molecule has 3 heteroatoms. The van der Waals surface area contributed by atoms with Crippen molar-refractivity contribution in [3.63, 3.8) is 0 Å². The van der Waals surface area contributed by atoms with Crippen LogP contribution in [0.3, 0.4) is 0 Å². The van der Waals surface area contributed by atoms with Crippen molar-refractivity contribution in [2.75, 3.05) is 26.2 Å². The third-order valence-corrected chi connectivity index (χ3v) is 3.39. The van der Waals surface area contributed by atoms with Crippen LogP contribution in [-0.4, -0.2) is 41.8 Å². The molecule has 0 saturated carbocycles. The van der Waals surface area contributed by atoms with E-state index < -0.39 is 5.60 Å². The van der Waals surface area contributed by atoms with Gasteiger partial charge in [-0.15, -0.1) is 0 Å². The van der Waals surface area contributed by atoms with Crippen LogP contribution in [0.2, 0.25) is 0 Å². The Morgan fingerprint density at radius 1 is 1.47 bits per heavy atom. The standard InChI is InChI=1S/C12H26N2O/c1-11(2)6-8-14(10-11)7-4-5-12(3,15)9-13/h15H,4-10,13H2,1-3H3. The molecule has 0 bridgehead atoms. The van der Waals surface area contributed by atoms with Crippen molar-refractivity contribution in [1.82, 2.24) is 4.90 Å². The van der Waals surface area contributed by atoms with Crippen molar-refractivity contribution in [1.29, 1.82) is 0 Å². The number of aliphatic hydroxyl groups is 1. The van der Waals surface area contributed by atoms with Gasteiger partial charge < -0.3 is 15.7 Å². The lowest BCUT2D eigenvalue weighted by Crippen LogP contribution is -2.35. The van der Waals surface area contributed by atoms with Gasteiger partial charge in [0.05, 0.1) is 5.60 Å². The first kappa shape index (κ1) is 12.9. The van der Waals surface area contributed by atoms with Gasteiger partial charge in [-0.3, -0.25) is 0 Å². The molecular formula is C12H26N2O. The number of rotatable bonds is 5. The SMILES string of the molecule is CC1(C)CCN(CCCC(C)(O)CN)C1. The maximum Gasteiger partial charge on any atom is 0.0741 e. The second-order valence-corrected chi connectivity index (χ2v) is 5.99. The quantitative estimate of drug-likeness (QED) is 0.723. The summed E-state index contributed by atoms with van der Waals surface area (Å²) in [5, 5.41) is 9.76. The van der Waals surface area contributed by atoms with Crippen molar-refractivity contribution in [3.05, 3.63) is 0 Å². The smallest absolute Gasteiger partial charge is 0.0741 e. The summed E-state index contributed by atoms with van der Waals surface area (Å²) in [5.41, 5.74) is 5.29. The number of likely N-dealkylation sites (tertiary alicyclic amines) is 1. The molecule has 0 amide bonds. The molecule has 0 aromatic rings. The first-order chi connectivity index (χ1) is 6.85. The zero-order valence-electron chi connectivity index (χ0n) is 10.4. The lowest BCUT2D eigenvalue weighted by atomic mass is 9.93. The molecule has 1 aliphatic heterocycles. The highest BCUT2D eigenvalue weighted by Crippen LogP contribution is 2.28. The van der Waals surface area contributed by atoms with Crippen molar-refractivity contribution < 1.29 is 5.11 Å². The summed E-state index contributed by atoms with van der Waals surface area (Å²) in [6, 6.07) is 0. The fourth-order valence-corrected chi connectivity index (χ4v) is 2.20. The molecule has 1 rings (SSSR count). The summed E-state index contributed by atoms with van der Waals surface area (Å²) in [6.07, 6.45) is 3.14. The van der Waals surface area contributed by atoms with Crippen molar-refractivity contribution in [2.45, 2.75) is 45.6 Å². The van der Waals surface area contributed by atoms with Gasteiger partial charge in [-0.05, 0) is 44.7 Å². The van der Waals surface area contributed by atoms with Crippen LogP contribution in [0.5, 0.6) is 0 Å². The Morgan fingerprint density at radius 3 is 2.60 bits per heavy atom. The Balaban J connectivity index is 2.17. The third-order valence-electron chi connectivity index (χ3n) is 3.39. The first-order valence-corrected chi connectivity index (χ1v) is 5.99. The minimum Gasteiger partial charge on any atom is -0.389 e. The van der Waals surface area contributed by atoms with Crippen LogP contribution in [0.25, 0.3) is 0 Å². The van der Waals surface area contributed by atoms with Crippen LogP contribution in [0, 0.1) is 5.41 Å². The maximum atomic E-state index is 9.76. The second-order valence-electron chi connectivity index (χ2n) is 5.99. The average molecular weight is 214 g/mol. The Bertz CT molecular complexity index is 202. The number of hydrogen-bond acceptors (Lipinski definition) is 3. The van der Waals surface area contributed by atoms with Crippen molar-refractivity contribution >= 4 is 0 Å². The minimum absolute atomic E-state index is 0.360. The molecule has 1 unspecified atom stereocenters. The van der Waals surface area contributed by atoms with Crippen LogP contribution in [0.15, 0.2) is 0 Å². The summed E-state index contributed by atoms with van der Waals surface area (Å²) in [6.45, 7) is 10.3. The molecule has 1 heterocycles. The highest BCUT2D eigenvalue weighted by molar-refractivity contribution is 4.83. The molecule has 0 radical (unpaired) electrons. The van der Waals surface area contributed by atoms with Crippen LogP contribution in [0.1, 0.15) is 40.0 Å². The summed E-state index contributed by atoms with van der Waals surface area (Å²) in [4.78, 5) is 2.49. The summed E-state index contributed by atoms with van der Waals surface area (Å²) in [7, 11) is 0. The summed E-state index contributed by atoms with van der Waals surface area (Å²) in [5.74, 6) is 0. The predicted octanol–water partition coefficient (Wildman–Crippen LogP) is 1.21.